The monoisotopic (exact) mass is 380 g/mol. The van der Waals surface area contributed by atoms with Gasteiger partial charge in [0, 0.05) is 23.8 Å². The lowest BCUT2D eigenvalue weighted by Crippen LogP contribution is -2.41. The van der Waals surface area contributed by atoms with Gasteiger partial charge in [-0.2, -0.15) is 0 Å². The van der Waals surface area contributed by atoms with Crippen LogP contribution in [0.4, 0.5) is 5.82 Å². The highest BCUT2D eigenvalue weighted by Crippen LogP contribution is 2.33. The van der Waals surface area contributed by atoms with Gasteiger partial charge in [0.05, 0.1) is 9.85 Å². The molecule has 0 bridgehead atoms. The molecule has 0 spiro atoms. The number of anilines is 1. The number of pyridine rings is 1. The first kappa shape index (κ1) is 13.6. The van der Waals surface area contributed by atoms with Crippen LogP contribution in [0.15, 0.2) is 21.2 Å². The van der Waals surface area contributed by atoms with Crippen molar-refractivity contribution in [1.82, 2.24) is 4.98 Å². The van der Waals surface area contributed by atoms with Gasteiger partial charge in [-0.15, -0.1) is 11.6 Å². The molecule has 1 aromatic heterocycles. The SMILES string of the molecule is CN(c1ncc(Br)cc1Br)C1CCCCC1Cl. The first-order valence-corrected chi connectivity index (χ1v) is 7.80. The van der Waals surface area contributed by atoms with Gasteiger partial charge in [-0.3, -0.25) is 0 Å². The molecule has 0 radical (unpaired) electrons. The van der Waals surface area contributed by atoms with Crippen molar-refractivity contribution >= 4 is 49.3 Å². The quantitative estimate of drug-likeness (QED) is 0.696. The zero-order chi connectivity index (χ0) is 12.4. The molecule has 0 N–H and O–H groups in total. The Morgan fingerprint density at radius 3 is 2.71 bits per heavy atom. The van der Waals surface area contributed by atoms with E-state index in [1.54, 1.807) is 0 Å². The molecule has 0 aromatic carbocycles. The Balaban J connectivity index is 2.20. The molecule has 17 heavy (non-hydrogen) atoms. The Kier molecular flexibility index (Phi) is 4.72. The maximum Gasteiger partial charge on any atom is 0.142 e. The normalized spacial score (nSPS) is 24.7. The van der Waals surface area contributed by atoms with E-state index < -0.39 is 0 Å². The molecule has 2 rings (SSSR count). The summed E-state index contributed by atoms with van der Waals surface area (Å²) in [5, 5.41) is 0.228. The van der Waals surface area contributed by atoms with E-state index in [2.05, 4.69) is 48.8 Å². The topological polar surface area (TPSA) is 16.1 Å². The van der Waals surface area contributed by atoms with Crippen molar-refractivity contribution in [2.45, 2.75) is 37.1 Å². The van der Waals surface area contributed by atoms with Crippen LogP contribution in [-0.4, -0.2) is 23.5 Å². The van der Waals surface area contributed by atoms with E-state index in [0.717, 1.165) is 27.6 Å². The van der Waals surface area contributed by atoms with E-state index in [1.807, 2.05) is 12.3 Å². The molecule has 2 nitrogen and oxygen atoms in total. The minimum atomic E-state index is 0.228. The molecular formula is C12H15Br2ClN2. The maximum atomic E-state index is 6.42. The fraction of sp³-hybridized carbons (Fsp3) is 0.583. The summed E-state index contributed by atoms with van der Waals surface area (Å²) in [4.78, 5) is 6.66. The molecule has 2 atom stereocenters. The first-order valence-electron chi connectivity index (χ1n) is 5.77. The van der Waals surface area contributed by atoms with Gasteiger partial charge >= 0.3 is 0 Å². The number of aromatic nitrogens is 1. The van der Waals surface area contributed by atoms with Crippen molar-refractivity contribution in [3.05, 3.63) is 21.2 Å². The molecule has 94 valence electrons. The molecule has 1 aliphatic rings. The average molecular weight is 383 g/mol. The second kappa shape index (κ2) is 5.89. The summed E-state index contributed by atoms with van der Waals surface area (Å²) in [6, 6.07) is 2.40. The fourth-order valence-electron chi connectivity index (χ4n) is 2.33. The first-order chi connectivity index (χ1) is 8.09. The van der Waals surface area contributed by atoms with Crippen LogP contribution in [0.25, 0.3) is 0 Å². The van der Waals surface area contributed by atoms with Crippen molar-refractivity contribution in [3.63, 3.8) is 0 Å². The molecule has 5 heteroatoms. The number of hydrogen-bond donors (Lipinski definition) is 0. The Labute approximate surface area is 124 Å². The Hall–Kier alpha value is 0.200. The fourth-order valence-corrected chi connectivity index (χ4v) is 4.04. The predicted molar refractivity (Wildman–Crippen MR) is 79.9 cm³/mol. The summed E-state index contributed by atoms with van der Waals surface area (Å²) in [6.07, 6.45) is 6.57. The molecule has 0 amide bonds. The molecule has 1 fully saturated rings. The van der Waals surface area contributed by atoms with Crippen LogP contribution < -0.4 is 4.90 Å². The lowest BCUT2D eigenvalue weighted by Gasteiger charge is -2.36. The van der Waals surface area contributed by atoms with E-state index in [0.29, 0.717) is 6.04 Å². The van der Waals surface area contributed by atoms with Gasteiger partial charge in [0.2, 0.25) is 0 Å². The molecule has 1 aromatic rings. The number of rotatable bonds is 2. The van der Waals surface area contributed by atoms with E-state index in [9.17, 15) is 0 Å². The number of halogens is 3. The van der Waals surface area contributed by atoms with E-state index in [1.165, 1.54) is 12.8 Å². The van der Waals surface area contributed by atoms with Crippen molar-refractivity contribution < 1.29 is 0 Å². The van der Waals surface area contributed by atoms with Crippen LogP contribution in [0.2, 0.25) is 0 Å². The van der Waals surface area contributed by atoms with Crippen LogP contribution in [0.3, 0.4) is 0 Å². The minimum absolute atomic E-state index is 0.228. The molecule has 1 saturated carbocycles. The third-order valence-corrected chi connectivity index (χ3v) is 4.79. The van der Waals surface area contributed by atoms with Crippen molar-refractivity contribution in [2.75, 3.05) is 11.9 Å². The van der Waals surface area contributed by atoms with Crippen molar-refractivity contribution in [2.24, 2.45) is 0 Å². The summed E-state index contributed by atoms with van der Waals surface area (Å²) < 4.78 is 1.98. The summed E-state index contributed by atoms with van der Waals surface area (Å²) in [5.41, 5.74) is 0. The smallest absolute Gasteiger partial charge is 0.142 e. The molecule has 2 unspecified atom stereocenters. The van der Waals surface area contributed by atoms with Gasteiger partial charge in [0.25, 0.3) is 0 Å². The highest BCUT2D eigenvalue weighted by atomic mass is 79.9. The molecular weight excluding hydrogens is 367 g/mol. The van der Waals surface area contributed by atoms with Crippen molar-refractivity contribution in [1.29, 1.82) is 0 Å². The molecule has 1 aliphatic carbocycles. The Morgan fingerprint density at radius 2 is 2.06 bits per heavy atom. The number of hydrogen-bond acceptors (Lipinski definition) is 2. The van der Waals surface area contributed by atoms with Gasteiger partial charge < -0.3 is 4.90 Å². The maximum absolute atomic E-state index is 6.42. The van der Waals surface area contributed by atoms with Crippen LogP contribution in [-0.2, 0) is 0 Å². The van der Waals surface area contributed by atoms with Crippen LogP contribution in [0.5, 0.6) is 0 Å². The lowest BCUT2D eigenvalue weighted by atomic mass is 9.94. The minimum Gasteiger partial charge on any atom is -0.354 e. The van der Waals surface area contributed by atoms with Crippen LogP contribution in [0.1, 0.15) is 25.7 Å². The van der Waals surface area contributed by atoms with Crippen LogP contribution >= 0.6 is 43.5 Å². The Morgan fingerprint density at radius 1 is 1.35 bits per heavy atom. The van der Waals surface area contributed by atoms with Crippen molar-refractivity contribution in [3.8, 4) is 0 Å². The number of alkyl halides is 1. The second-order valence-electron chi connectivity index (χ2n) is 4.44. The van der Waals surface area contributed by atoms with Gasteiger partial charge in [0.15, 0.2) is 0 Å². The van der Waals surface area contributed by atoms with Gasteiger partial charge in [-0.1, -0.05) is 12.8 Å². The predicted octanol–water partition coefficient (Wildman–Crippen LogP) is 4.59. The second-order valence-corrected chi connectivity index (χ2v) is 6.77. The van der Waals surface area contributed by atoms with E-state index >= 15 is 0 Å². The largest absolute Gasteiger partial charge is 0.354 e. The summed E-state index contributed by atoms with van der Waals surface area (Å²) >= 11 is 13.4. The van der Waals surface area contributed by atoms with E-state index in [-0.39, 0.29) is 5.38 Å². The lowest BCUT2D eigenvalue weighted by molar-refractivity contribution is 0.432. The summed E-state index contributed by atoms with van der Waals surface area (Å²) in [7, 11) is 2.08. The summed E-state index contributed by atoms with van der Waals surface area (Å²) in [5.74, 6) is 0.964. The van der Waals surface area contributed by atoms with Gasteiger partial charge in [-0.05, 0) is 50.8 Å². The summed E-state index contributed by atoms with van der Waals surface area (Å²) in [6.45, 7) is 0. The zero-order valence-electron chi connectivity index (χ0n) is 9.67. The van der Waals surface area contributed by atoms with E-state index in [4.69, 9.17) is 11.6 Å². The third kappa shape index (κ3) is 3.15. The average Bonchev–Trinajstić information content (AvgIpc) is 2.29. The number of nitrogens with zero attached hydrogens (tertiary/aromatic N) is 2. The zero-order valence-corrected chi connectivity index (χ0v) is 13.6. The molecule has 0 saturated heterocycles. The highest BCUT2D eigenvalue weighted by Gasteiger charge is 2.28. The Bertz CT molecular complexity index is 400. The van der Waals surface area contributed by atoms with Crippen LogP contribution in [0, 0.1) is 0 Å². The highest BCUT2D eigenvalue weighted by molar-refractivity contribution is 9.11. The standard InChI is InChI=1S/C12H15Br2ClN2/c1-17(11-5-3-2-4-10(11)15)12-9(14)6-8(13)7-16-12/h6-7,10-11H,2-5H2,1H3. The molecule has 0 aliphatic heterocycles. The molecule has 1 heterocycles. The van der Waals surface area contributed by atoms with Gasteiger partial charge in [0.1, 0.15) is 5.82 Å². The third-order valence-electron chi connectivity index (χ3n) is 3.27. The van der Waals surface area contributed by atoms with Gasteiger partial charge in [-0.25, -0.2) is 4.98 Å².